The second-order valence-corrected chi connectivity index (χ2v) is 30.9. The van der Waals surface area contributed by atoms with E-state index in [1.165, 1.54) is 42.6 Å². The number of halogens is 4. The molecule has 10 aromatic rings. The van der Waals surface area contributed by atoms with Crippen molar-refractivity contribution < 1.29 is 117 Å². The Morgan fingerprint density at radius 3 is 1.41 bits per heavy atom. The van der Waals surface area contributed by atoms with Crippen LogP contribution in [0.15, 0.2) is 108 Å². The third kappa shape index (κ3) is 22.2. The highest BCUT2D eigenvalue weighted by Crippen LogP contribution is 2.55. The Morgan fingerprint density at radius 1 is 0.586 bits per heavy atom. The molecule has 46 nitrogen and oxygen atoms in total. The number of phosphoric ester groups is 1. The topological polar surface area (TPSA) is 566 Å². The number of imidazole rings is 4. The smallest absolute Gasteiger partial charge is 0.450 e. The van der Waals surface area contributed by atoms with Gasteiger partial charge in [0.15, 0.2) is 118 Å². The van der Waals surface area contributed by atoms with Crippen LogP contribution in [-0.2, 0) is 69.7 Å². The Morgan fingerprint density at radius 2 is 0.984 bits per heavy atom. The molecular formula is C74H82BF4N23O23P3. The van der Waals surface area contributed by atoms with E-state index < -0.39 is 194 Å². The minimum atomic E-state index is -4.95. The molecule has 8 N–H and O–H groups in total. The zero-order valence-electron chi connectivity index (χ0n) is 69.4. The van der Waals surface area contributed by atoms with Gasteiger partial charge in [-0.15, -0.1) is 0 Å². The normalized spacial score (nSPS) is 23.6. The number of anilines is 4. The van der Waals surface area contributed by atoms with Gasteiger partial charge < -0.3 is 72.5 Å². The molecule has 0 spiro atoms. The van der Waals surface area contributed by atoms with E-state index in [-0.39, 0.29) is 101 Å². The van der Waals surface area contributed by atoms with Crippen molar-refractivity contribution in [3.63, 3.8) is 0 Å². The van der Waals surface area contributed by atoms with Crippen LogP contribution in [-0.4, -0.2) is 246 Å². The number of nitrogens with one attached hydrogen (secondary N) is 6. The first-order chi connectivity index (χ1) is 61.9. The molecule has 4 aliphatic rings. The largest absolute Gasteiger partial charge is 0.506 e. The SMILES string of the molecule is CC#N.[3H][B]P.[C-]#[N+]CCOP(=O)(OC[C@H]1O[C@@H](n2cnc3c(=O)[nH]c(NC(=O)C(C)C)nc32)[C@H](OC(=O)O)[C@@H]1F)O[C@H]1[C@H](F)[C@H](n2cnc3c(NC(=O)c4ccccc4)ncnc32)O[C@@H]1CC.[C-]#[N+]CCOP(OC[C@H]1O[C@@H](n2cnc3c(=O)[nH]c(NC(=O)C(C)C)nc32)[C@H](OC(=O)O)[C@@H]1F)O[C@H]1[C@H](F)[C@H](n2cnc3c(NC(=O)c4ccccc4)ncnc32)O[C@@H]1CC. The van der Waals surface area contributed by atoms with Gasteiger partial charge in [-0.25, -0.2) is 84.7 Å². The first-order valence-electron chi connectivity index (χ1n) is 39.3. The fraction of sp³-hybridized carbons (Fsp3) is 0.446. The molecule has 0 aliphatic carbocycles. The minimum Gasteiger partial charge on any atom is -0.450 e. The molecule has 4 saturated heterocycles. The summed E-state index contributed by atoms with van der Waals surface area (Å²) >= 11 is 0. The fourth-order valence-corrected chi connectivity index (χ4v) is 15.6. The zero-order chi connectivity index (χ0) is 93.1. The summed E-state index contributed by atoms with van der Waals surface area (Å²) in [5.41, 5.74) is -1.28. The van der Waals surface area contributed by atoms with Crippen molar-refractivity contribution in [3.8, 4) is 6.07 Å². The van der Waals surface area contributed by atoms with Crippen molar-refractivity contribution in [2.75, 3.05) is 60.8 Å². The summed E-state index contributed by atoms with van der Waals surface area (Å²) in [4.78, 5) is 152. The van der Waals surface area contributed by atoms with Crippen LogP contribution in [0.25, 0.3) is 54.3 Å². The predicted octanol–water partition coefficient (Wildman–Crippen LogP) is 8.72. The van der Waals surface area contributed by atoms with Crippen molar-refractivity contribution in [1.29, 1.82) is 6.60 Å². The van der Waals surface area contributed by atoms with Gasteiger partial charge in [-0.2, -0.15) is 24.3 Å². The van der Waals surface area contributed by atoms with E-state index in [4.69, 9.17) is 75.3 Å². The lowest BCUT2D eigenvalue weighted by molar-refractivity contribution is -0.119. The summed E-state index contributed by atoms with van der Waals surface area (Å²) < 4.78 is 158. The molecule has 8 aromatic heterocycles. The number of amides is 4. The highest BCUT2D eigenvalue weighted by molar-refractivity contribution is 7.50. The molecule has 4 fully saturated rings. The number of fused-ring (bicyclic) bond motifs is 4. The van der Waals surface area contributed by atoms with Crippen molar-refractivity contribution in [2.24, 2.45) is 11.8 Å². The summed E-state index contributed by atoms with van der Waals surface area (Å²) in [7, 11) is -4.22. The maximum absolute atomic E-state index is 16.6. The molecule has 128 heavy (non-hydrogen) atoms. The first kappa shape index (κ1) is 94.7. The van der Waals surface area contributed by atoms with Crippen LogP contribution in [0, 0.1) is 36.3 Å². The second kappa shape index (κ2) is 43.9. The number of alkyl halides is 4. The third-order valence-corrected chi connectivity index (χ3v) is 21.8. The van der Waals surface area contributed by atoms with E-state index >= 15 is 17.6 Å². The van der Waals surface area contributed by atoms with E-state index in [0.29, 0.717) is 11.1 Å². The van der Waals surface area contributed by atoms with Crippen LogP contribution in [0.4, 0.5) is 50.7 Å². The Kier molecular flexibility index (Phi) is 32.5. The molecule has 19 atom stereocenters. The monoisotopic (exact) mass is 1840 g/mol. The molecule has 0 saturated carbocycles. The average molecular weight is 1840 g/mol. The molecule has 677 valence electrons. The number of nitriles is 1. The molecule has 54 heteroatoms. The van der Waals surface area contributed by atoms with E-state index in [1.807, 2.05) is 0 Å². The van der Waals surface area contributed by atoms with Gasteiger partial charge in [0.25, 0.3) is 22.9 Å². The Bertz CT molecular complexity index is 5940. The van der Waals surface area contributed by atoms with Crippen LogP contribution in [0.2, 0.25) is 0 Å². The molecule has 12 heterocycles. The van der Waals surface area contributed by atoms with Gasteiger partial charge >= 0.3 is 28.7 Å². The molecular weight excluding hydrogens is 1760 g/mol. The van der Waals surface area contributed by atoms with Gasteiger partial charge in [0.05, 0.1) is 56.8 Å². The highest BCUT2D eigenvalue weighted by Gasteiger charge is 2.55. The van der Waals surface area contributed by atoms with Gasteiger partial charge in [0.1, 0.15) is 57.8 Å². The van der Waals surface area contributed by atoms with E-state index in [0.717, 1.165) is 28.1 Å². The quantitative estimate of drug-likeness (QED) is 0.00487. The summed E-state index contributed by atoms with van der Waals surface area (Å²) in [6.45, 7) is 22.7. The lowest BCUT2D eigenvalue weighted by atomic mass is 10.1. The van der Waals surface area contributed by atoms with Crippen LogP contribution in [0.1, 0.15) is 107 Å². The predicted molar refractivity (Wildman–Crippen MR) is 443 cm³/mol. The van der Waals surface area contributed by atoms with E-state index in [9.17, 15) is 53.1 Å². The Balaban J connectivity index is 0.000000235. The summed E-state index contributed by atoms with van der Waals surface area (Å²) in [6, 6.07) is 18.5. The van der Waals surface area contributed by atoms with Crippen molar-refractivity contribution >= 4 is 137 Å². The Labute approximate surface area is 727 Å². The maximum atomic E-state index is 16.6. The fourth-order valence-electron chi connectivity index (χ4n) is 13.1. The number of H-pyrrole nitrogens is 2. The van der Waals surface area contributed by atoms with Crippen molar-refractivity contribution in [2.45, 2.75) is 160 Å². The molecule has 0 bridgehead atoms. The van der Waals surface area contributed by atoms with E-state index in [2.05, 4.69) is 99.9 Å². The average Bonchev–Trinajstić information content (AvgIpc) is 1.63. The maximum Gasteiger partial charge on any atom is 0.506 e. The number of phosphoric acid groups is 1. The van der Waals surface area contributed by atoms with Crippen LogP contribution >= 0.6 is 25.5 Å². The molecule has 3 unspecified atom stereocenters. The van der Waals surface area contributed by atoms with Gasteiger partial charge in [-0.05, 0) is 38.4 Å². The first-order valence-corrected chi connectivity index (χ1v) is 41.9. The molecule has 14 rings (SSSR count). The Hall–Kier alpha value is -12.4. The summed E-state index contributed by atoms with van der Waals surface area (Å²) in [6.07, 6.45) is -23.1. The number of hydrogen-bond acceptors (Lipinski definition) is 32. The van der Waals surface area contributed by atoms with Crippen LogP contribution < -0.4 is 32.4 Å². The lowest BCUT2D eigenvalue weighted by Gasteiger charge is -2.25. The van der Waals surface area contributed by atoms with Crippen LogP contribution in [0.3, 0.4) is 0 Å². The van der Waals surface area contributed by atoms with Gasteiger partial charge in [-0.3, -0.25) is 81.2 Å². The molecule has 2 aromatic carbocycles. The molecule has 4 amide bonds. The highest BCUT2D eigenvalue weighted by atomic mass is 31.2. The number of benzene rings is 2. The summed E-state index contributed by atoms with van der Waals surface area (Å²) in [5.74, 6) is -3.29. The second-order valence-electron chi connectivity index (χ2n) is 28.1. The third-order valence-electron chi connectivity index (χ3n) is 19.1. The van der Waals surface area contributed by atoms with E-state index in [1.54, 1.807) is 108 Å². The number of ether oxygens (including phenoxy) is 6. The number of rotatable bonds is 32. The van der Waals surface area contributed by atoms with Gasteiger partial charge in [0, 0.05) is 29.9 Å². The lowest BCUT2D eigenvalue weighted by Crippen LogP contribution is -2.34. The molecule has 4 aliphatic heterocycles. The zero-order valence-corrected chi connectivity index (χ0v) is 71.4. The standard InChI is InChI=1S/C36H38F2N11O12P.C36H38F2N11O11P.C2H3N.BH3P/c1-5-19-25(22(38)33(58-19)48-15-42-23-27(40-14-41-28(23)48)44-31(51)18-9-7-6-8-10-18)61-62(55,56-12-11-39-4)57-13-20-21(37)26(60-36(53)54)34(59-20)49-16-43-24-29(49)45-35(47-32(24)52)46-30(50)17(2)3;1-5-19-25(22(38)33(57-19)48-15-42-23-27(40-14-41-28(23)48)44-31(51)18-9-7-6-8-10-18)60-61(55-12-11-39-4)56-13-20-21(37)26(59-36(53)54)34(58-20)49-16-43-24-29(49)45-35(47-32(24)52)46-30(50)17(2)3;1-2-3;1-2/h6-10,14-17,19-22,25-26,33-34H,5,11-13H2,1-3H3,(H,53,54)(H,40,41,44,51)(H2,45,46,47,50,52);6-10,14-17,19-22,25-26,33-34H,5,11-13H2,1-3H3,(H,53,54)(H,40,41,44,51)(H2,45,46,47,50,52);1H3;1H,2H2/t19-,20-,21-,22+,25-,26-,33-,34-,62?;19-,20-,21-,22+,25-,26-,33-,34-,61?;;/m11../s1/i;;;1T. The number of carboxylic acid groups (broad SMARTS) is 2. The van der Waals surface area contributed by atoms with Crippen LogP contribution in [0.5, 0.6) is 0 Å². The van der Waals surface area contributed by atoms with Gasteiger partial charge in [-0.1, -0.05) is 77.9 Å². The number of hydrogen-bond donors (Lipinski definition) is 8. The van der Waals surface area contributed by atoms with Crippen molar-refractivity contribution in [1.82, 2.24) is 78.1 Å². The number of aromatic nitrogens is 16. The number of aromatic amines is 2. The molecule has 1 radical (unpaired) electrons. The number of nitrogens with zero attached hydrogens (tertiary/aromatic N) is 17. The number of carbonyl (C=O) groups excluding carboxylic acids is 4. The van der Waals surface area contributed by atoms with Gasteiger partial charge in [0.2, 0.25) is 36.8 Å². The summed E-state index contributed by atoms with van der Waals surface area (Å²) in [5, 5.41) is 36.6. The van der Waals surface area contributed by atoms with Crippen molar-refractivity contribution in [3.05, 3.63) is 153 Å². The minimum absolute atomic E-state index is 0.0338. The number of carbonyl (C=O) groups is 6.